The van der Waals surface area contributed by atoms with Gasteiger partial charge in [-0.25, -0.2) is 26.3 Å². The van der Waals surface area contributed by atoms with E-state index in [1.54, 1.807) is 50.2 Å². The lowest BCUT2D eigenvalue weighted by atomic mass is 10.1. The van der Waals surface area contributed by atoms with Gasteiger partial charge >= 0.3 is 0 Å². The Kier molecular flexibility index (Phi) is 6.81. The number of hydrogen-bond donors (Lipinski definition) is 2. The fourth-order valence-electron chi connectivity index (χ4n) is 2.27. The van der Waals surface area contributed by atoms with Gasteiger partial charge in [0.1, 0.15) is 0 Å². The molecule has 2 aromatic carbocycles. The molecule has 2 aromatic rings. The molecule has 0 spiro atoms. The molecule has 9 heteroatoms. The first-order chi connectivity index (χ1) is 12.1. The molecule has 0 amide bonds. The second-order valence-corrected chi connectivity index (χ2v) is 10.1. The summed E-state index contributed by atoms with van der Waals surface area (Å²) >= 11 is 5.82. The Morgan fingerprint density at radius 3 is 2.15 bits per heavy atom. The van der Waals surface area contributed by atoms with Crippen LogP contribution in [0.15, 0.2) is 53.4 Å². The molecular weight excluding hydrogens is 396 g/mol. The summed E-state index contributed by atoms with van der Waals surface area (Å²) < 4.78 is 53.4. The average molecular weight is 417 g/mol. The Balaban J connectivity index is 2.01. The summed E-state index contributed by atoms with van der Waals surface area (Å²) in [6.45, 7) is 3.60. The van der Waals surface area contributed by atoms with Crippen molar-refractivity contribution in [2.75, 3.05) is 0 Å². The Bertz CT molecular complexity index is 957. The van der Waals surface area contributed by atoms with Crippen molar-refractivity contribution >= 4 is 31.6 Å². The molecule has 0 aliphatic rings. The van der Waals surface area contributed by atoms with Crippen LogP contribution in [0.1, 0.15) is 25.0 Å². The van der Waals surface area contributed by atoms with Crippen LogP contribution in [0, 0.1) is 0 Å². The first-order valence-corrected chi connectivity index (χ1v) is 11.4. The molecule has 0 aliphatic carbocycles. The molecule has 0 saturated carbocycles. The van der Waals surface area contributed by atoms with E-state index in [2.05, 4.69) is 9.44 Å². The topological polar surface area (TPSA) is 92.3 Å². The third-order valence-electron chi connectivity index (χ3n) is 3.37. The van der Waals surface area contributed by atoms with Gasteiger partial charge in [-0.2, -0.15) is 0 Å². The number of halogens is 1. The molecule has 0 aromatic heterocycles. The van der Waals surface area contributed by atoms with Crippen LogP contribution in [-0.4, -0.2) is 22.9 Å². The maximum absolute atomic E-state index is 12.3. The van der Waals surface area contributed by atoms with E-state index in [1.807, 2.05) is 0 Å². The zero-order valence-corrected chi connectivity index (χ0v) is 16.8. The molecular formula is C17H21ClN2O4S2. The van der Waals surface area contributed by atoms with Crippen molar-refractivity contribution in [3.63, 3.8) is 0 Å². The van der Waals surface area contributed by atoms with E-state index in [0.29, 0.717) is 16.1 Å². The number of sulfonamides is 2. The lowest BCUT2D eigenvalue weighted by Crippen LogP contribution is -2.31. The zero-order chi connectivity index (χ0) is 19.4. The maximum Gasteiger partial charge on any atom is 0.240 e. The minimum atomic E-state index is -3.67. The largest absolute Gasteiger partial charge is 0.240 e. The predicted molar refractivity (Wildman–Crippen MR) is 103 cm³/mol. The molecule has 0 atom stereocenters. The summed E-state index contributed by atoms with van der Waals surface area (Å²) in [5.41, 5.74) is 1.34. The highest BCUT2D eigenvalue weighted by molar-refractivity contribution is 7.89. The van der Waals surface area contributed by atoms with Crippen LogP contribution in [0.25, 0.3) is 0 Å². The normalized spacial score (nSPS) is 12.5. The molecule has 0 heterocycles. The van der Waals surface area contributed by atoms with Gasteiger partial charge in [-0.1, -0.05) is 41.9 Å². The maximum atomic E-state index is 12.3. The minimum Gasteiger partial charge on any atom is -0.212 e. The van der Waals surface area contributed by atoms with Gasteiger partial charge in [0.25, 0.3) is 0 Å². The molecule has 6 nitrogen and oxygen atoms in total. The second kappa shape index (κ2) is 8.49. The van der Waals surface area contributed by atoms with Gasteiger partial charge < -0.3 is 0 Å². The van der Waals surface area contributed by atoms with E-state index < -0.39 is 20.0 Å². The first kappa shape index (κ1) is 20.9. The third-order valence-corrected chi connectivity index (χ3v) is 6.55. The average Bonchev–Trinajstić information content (AvgIpc) is 2.52. The number of benzene rings is 2. The lowest BCUT2D eigenvalue weighted by Gasteiger charge is -2.10. The molecule has 0 fully saturated rings. The fraction of sp³-hybridized carbons (Fsp3) is 0.294. The molecule has 26 heavy (non-hydrogen) atoms. The summed E-state index contributed by atoms with van der Waals surface area (Å²) in [6, 6.07) is 12.6. The Hall–Kier alpha value is -1.45. The number of rotatable bonds is 8. The van der Waals surface area contributed by atoms with Crippen molar-refractivity contribution in [1.82, 2.24) is 9.44 Å². The molecule has 142 valence electrons. The van der Waals surface area contributed by atoms with Crippen LogP contribution >= 0.6 is 11.6 Å². The van der Waals surface area contributed by atoms with Crippen molar-refractivity contribution in [3.8, 4) is 0 Å². The van der Waals surface area contributed by atoms with E-state index in [-0.39, 0.29) is 23.2 Å². The Labute approximate surface area is 159 Å². The van der Waals surface area contributed by atoms with Crippen LogP contribution in [0.3, 0.4) is 0 Å². The lowest BCUT2D eigenvalue weighted by molar-refractivity contribution is 0.569. The van der Waals surface area contributed by atoms with Gasteiger partial charge in [-0.15, -0.1) is 0 Å². The van der Waals surface area contributed by atoms with E-state index in [9.17, 15) is 16.8 Å². The monoisotopic (exact) mass is 416 g/mol. The molecule has 0 saturated heterocycles. The number of hydrogen-bond acceptors (Lipinski definition) is 4. The molecule has 0 unspecified atom stereocenters. The van der Waals surface area contributed by atoms with Gasteiger partial charge in [0.05, 0.1) is 10.6 Å². The quantitative estimate of drug-likeness (QED) is 0.691. The van der Waals surface area contributed by atoms with Crippen molar-refractivity contribution < 1.29 is 16.8 Å². The summed E-state index contributed by atoms with van der Waals surface area (Å²) in [5.74, 6) is -0.125. The molecule has 2 rings (SSSR count). The van der Waals surface area contributed by atoms with Gasteiger partial charge in [0.15, 0.2) is 0 Å². The smallest absolute Gasteiger partial charge is 0.212 e. The van der Waals surface area contributed by atoms with Crippen LogP contribution in [0.2, 0.25) is 5.02 Å². The highest BCUT2D eigenvalue weighted by Crippen LogP contribution is 2.16. The standard InChI is InChI=1S/C17H21ClN2O4S2/c1-13(2)20-25(21,22)12-15-8-6-14(7-9-15)11-19-26(23,24)17-5-3-4-16(18)10-17/h3-10,13,19-20H,11-12H2,1-2H3. The highest BCUT2D eigenvalue weighted by Gasteiger charge is 2.15. The van der Waals surface area contributed by atoms with Crippen LogP contribution < -0.4 is 9.44 Å². The minimum absolute atomic E-state index is 0.0894. The Morgan fingerprint density at radius 1 is 0.962 bits per heavy atom. The van der Waals surface area contributed by atoms with Crippen molar-refractivity contribution in [3.05, 3.63) is 64.7 Å². The summed E-state index contributed by atoms with van der Waals surface area (Å²) in [5, 5.41) is 0.341. The fourth-order valence-corrected chi connectivity index (χ4v) is 5.02. The van der Waals surface area contributed by atoms with E-state index in [0.717, 1.165) is 0 Å². The van der Waals surface area contributed by atoms with Crippen LogP contribution in [-0.2, 0) is 32.3 Å². The number of nitrogens with one attached hydrogen (secondary N) is 2. The predicted octanol–water partition coefficient (Wildman–Crippen LogP) is 2.65. The summed E-state index contributed by atoms with van der Waals surface area (Å²) in [6.07, 6.45) is 0. The molecule has 2 N–H and O–H groups in total. The third kappa shape index (κ3) is 6.37. The highest BCUT2D eigenvalue weighted by atomic mass is 35.5. The molecule has 0 aliphatic heterocycles. The summed E-state index contributed by atoms with van der Waals surface area (Å²) in [7, 11) is -7.07. The second-order valence-electron chi connectivity index (χ2n) is 6.13. The zero-order valence-electron chi connectivity index (χ0n) is 14.4. The van der Waals surface area contributed by atoms with Crippen LogP contribution in [0.5, 0.6) is 0 Å². The Morgan fingerprint density at radius 2 is 1.58 bits per heavy atom. The van der Waals surface area contributed by atoms with Crippen molar-refractivity contribution in [1.29, 1.82) is 0 Å². The van der Waals surface area contributed by atoms with Crippen molar-refractivity contribution in [2.24, 2.45) is 0 Å². The van der Waals surface area contributed by atoms with Gasteiger partial charge in [0, 0.05) is 17.6 Å². The van der Waals surface area contributed by atoms with E-state index in [4.69, 9.17) is 11.6 Å². The SMILES string of the molecule is CC(C)NS(=O)(=O)Cc1ccc(CNS(=O)(=O)c2cccc(Cl)c2)cc1. The van der Waals surface area contributed by atoms with E-state index >= 15 is 0 Å². The van der Waals surface area contributed by atoms with E-state index in [1.165, 1.54) is 12.1 Å². The van der Waals surface area contributed by atoms with Gasteiger partial charge in [-0.05, 0) is 43.2 Å². The van der Waals surface area contributed by atoms with Gasteiger partial charge in [0.2, 0.25) is 20.0 Å². The molecule has 0 radical (unpaired) electrons. The van der Waals surface area contributed by atoms with Crippen LogP contribution in [0.4, 0.5) is 0 Å². The summed E-state index contributed by atoms with van der Waals surface area (Å²) in [4.78, 5) is 0.0903. The van der Waals surface area contributed by atoms with Crippen molar-refractivity contribution in [2.45, 2.75) is 37.1 Å². The first-order valence-electron chi connectivity index (χ1n) is 7.90. The molecule has 0 bridgehead atoms. The van der Waals surface area contributed by atoms with Gasteiger partial charge in [-0.3, -0.25) is 0 Å².